The number of imide groups is 1. The standard InChI is InChI=1S/C20H35NO2P2/c1-12-8-9-13(2)24(12)16-17(19(23)21(7)18(16)22)25(20(24,5)6)14(3)10-11-15(25)4/h12-15,24-25H,8-11H2,1-7H3/t12-,13-,14-,15-/m0/s1. The van der Waals surface area contributed by atoms with Gasteiger partial charge < -0.3 is 0 Å². The fourth-order valence-electron chi connectivity index (χ4n) is 8.71. The Hall–Kier alpha value is -0.260. The van der Waals surface area contributed by atoms with Crippen molar-refractivity contribution in [3.8, 4) is 0 Å². The number of carbonyl (C=O) groups is 2. The van der Waals surface area contributed by atoms with Crippen LogP contribution in [0, 0.1) is 0 Å². The molecule has 25 heavy (non-hydrogen) atoms. The summed E-state index contributed by atoms with van der Waals surface area (Å²) in [4.78, 5) is 28.5. The Kier molecular flexibility index (Phi) is 3.75. The summed E-state index contributed by atoms with van der Waals surface area (Å²) >= 11 is 0. The molecule has 4 aliphatic heterocycles. The van der Waals surface area contributed by atoms with Crippen molar-refractivity contribution in [3.05, 3.63) is 10.6 Å². The molecule has 5 heteroatoms. The quantitative estimate of drug-likeness (QED) is 0.453. The fourth-order valence-corrected chi connectivity index (χ4v) is 31.1. The van der Waals surface area contributed by atoms with E-state index in [-0.39, 0.29) is 16.7 Å². The number of amides is 2. The van der Waals surface area contributed by atoms with E-state index < -0.39 is 14.5 Å². The van der Waals surface area contributed by atoms with Crippen LogP contribution in [0.25, 0.3) is 0 Å². The number of fused-ring (bicyclic) bond motifs is 2. The van der Waals surface area contributed by atoms with Gasteiger partial charge in [0.15, 0.2) is 0 Å². The van der Waals surface area contributed by atoms with E-state index in [0.29, 0.717) is 22.6 Å². The molecule has 2 spiro atoms. The number of carbonyl (C=O) groups excluding carboxylic acids is 2. The Bertz CT molecular complexity index is 634. The Balaban J connectivity index is 2.12. The van der Waals surface area contributed by atoms with Gasteiger partial charge in [0.25, 0.3) is 0 Å². The second kappa shape index (κ2) is 5.17. The van der Waals surface area contributed by atoms with Gasteiger partial charge in [0.05, 0.1) is 0 Å². The zero-order valence-corrected chi connectivity index (χ0v) is 18.9. The Morgan fingerprint density at radius 1 is 0.760 bits per heavy atom. The fraction of sp³-hybridized carbons (Fsp3) is 0.800. The maximum atomic E-state index is 13.4. The van der Waals surface area contributed by atoms with Gasteiger partial charge >= 0.3 is 153 Å². The van der Waals surface area contributed by atoms with E-state index in [1.54, 1.807) is 7.05 Å². The molecule has 0 radical (unpaired) electrons. The van der Waals surface area contributed by atoms with Crippen LogP contribution >= 0.6 is 14.5 Å². The van der Waals surface area contributed by atoms with Gasteiger partial charge in [0.1, 0.15) is 0 Å². The molecule has 2 amide bonds. The number of hydrogen-bond donors (Lipinski definition) is 0. The van der Waals surface area contributed by atoms with Gasteiger partial charge in [0, 0.05) is 0 Å². The van der Waals surface area contributed by atoms with Gasteiger partial charge in [-0.15, -0.1) is 0 Å². The minimum atomic E-state index is -2.07. The van der Waals surface area contributed by atoms with E-state index in [1.807, 2.05) is 0 Å². The van der Waals surface area contributed by atoms with Crippen LogP contribution in [0.4, 0.5) is 0 Å². The monoisotopic (exact) mass is 383 g/mol. The Morgan fingerprint density at radius 2 is 1.04 bits per heavy atom. The summed E-state index contributed by atoms with van der Waals surface area (Å²) < 4.78 is 0. The second-order valence-electron chi connectivity index (χ2n) is 10.0. The normalized spacial score (nSPS) is 43.4. The first-order valence-corrected chi connectivity index (χ1v) is 14.5. The molecule has 4 rings (SSSR count). The average Bonchev–Trinajstić information content (AvgIpc) is 3.14. The third kappa shape index (κ3) is 1.60. The molecule has 2 saturated heterocycles. The first-order valence-electron chi connectivity index (χ1n) is 10.1. The first-order chi connectivity index (χ1) is 11.6. The minimum absolute atomic E-state index is 0.0935. The van der Waals surface area contributed by atoms with Crippen molar-refractivity contribution in [1.82, 2.24) is 4.90 Å². The van der Waals surface area contributed by atoms with E-state index >= 15 is 0 Å². The molecule has 142 valence electrons. The van der Waals surface area contributed by atoms with Crippen molar-refractivity contribution < 1.29 is 9.59 Å². The molecule has 4 heterocycles. The molecule has 0 aliphatic carbocycles. The van der Waals surface area contributed by atoms with E-state index in [4.69, 9.17) is 0 Å². The summed E-state index contributed by atoms with van der Waals surface area (Å²) in [5.41, 5.74) is 2.49. The zero-order chi connectivity index (χ0) is 18.5. The van der Waals surface area contributed by atoms with E-state index in [1.165, 1.54) is 30.6 Å². The molecule has 0 aromatic carbocycles. The average molecular weight is 383 g/mol. The van der Waals surface area contributed by atoms with Gasteiger partial charge in [-0.1, -0.05) is 0 Å². The predicted octanol–water partition coefficient (Wildman–Crippen LogP) is 4.59. The van der Waals surface area contributed by atoms with Gasteiger partial charge in [-0.25, -0.2) is 0 Å². The Morgan fingerprint density at radius 3 is 1.32 bits per heavy atom. The van der Waals surface area contributed by atoms with E-state index in [2.05, 4.69) is 41.5 Å². The number of rotatable bonds is 0. The summed E-state index contributed by atoms with van der Waals surface area (Å²) in [6.45, 7) is 14.7. The molecule has 2 fully saturated rings. The summed E-state index contributed by atoms with van der Waals surface area (Å²) in [6, 6.07) is 0. The summed E-state index contributed by atoms with van der Waals surface area (Å²) in [7, 11) is -2.41. The SMILES string of the molecule is C[C@H]1CC[C@H](C)[PH]12C1=C(C(=O)N(C)C1=O)[PH]1([C@@H](C)CC[C@@H]1C)C2(C)C. The topological polar surface area (TPSA) is 37.4 Å². The predicted molar refractivity (Wildman–Crippen MR) is 112 cm³/mol. The van der Waals surface area contributed by atoms with Crippen LogP contribution in [0.2, 0.25) is 0 Å². The van der Waals surface area contributed by atoms with Gasteiger partial charge in [0.2, 0.25) is 0 Å². The molecule has 0 saturated carbocycles. The molecular weight excluding hydrogens is 348 g/mol. The van der Waals surface area contributed by atoms with Gasteiger partial charge in [-0.05, 0) is 0 Å². The van der Waals surface area contributed by atoms with Crippen molar-refractivity contribution in [2.24, 2.45) is 0 Å². The molecule has 4 atom stereocenters. The molecule has 3 nitrogen and oxygen atoms in total. The summed E-state index contributed by atoms with van der Waals surface area (Å²) in [5, 5.41) is 2.24. The van der Waals surface area contributed by atoms with Crippen molar-refractivity contribution in [2.45, 2.75) is 94.8 Å². The third-order valence-corrected chi connectivity index (χ3v) is 26.2. The van der Waals surface area contributed by atoms with E-state index in [9.17, 15) is 9.59 Å². The van der Waals surface area contributed by atoms with Crippen LogP contribution in [0.3, 0.4) is 0 Å². The van der Waals surface area contributed by atoms with Crippen LogP contribution in [-0.4, -0.2) is 51.3 Å². The molecule has 0 aromatic heterocycles. The van der Waals surface area contributed by atoms with Crippen molar-refractivity contribution >= 4 is 26.3 Å². The number of nitrogens with zero attached hydrogens (tertiary/aromatic N) is 1. The van der Waals surface area contributed by atoms with Crippen LogP contribution < -0.4 is 0 Å². The molecular formula is C20H35NO2P2. The summed E-state index contributed by atoms with van der Waals surface area (Å²) in [5.74, 6) is 0.187. The van der Waals surface area contributed by atoms with Gasteiger partial charge in [-0.2, -0.15) is 0 Å². The Labute approximate surface area is 153 Å². The van der Waals surface area contributed by atoms with Gasteiger partial charge in [-0.3, -0.25) is 0 Å². The molecule has 0 unspecified atom stereocenters. The van der Waals surface area contributed by atoms with Crippen LogP contribution in [-0.2, 0) is 9.59 Å². The number of hydrogen-bond acceptors (Lipinski definition) is 2. The van der Waals surface area contributed by atoms with Crippen LogP contribution in [0.5, 0.6) is 0 Å². The molecule has 0 N–H and O–H groups in total. The first kappa shape index (κ1) is 18.1. The van der Waals surface area contributed by atoms with Crippen molar-refractivity contribution in [2.75, 3.05) is 7.05 Å². The molecule has 4 aliphatic rings. The van der Waals surface area contributed by atoms with Crippen LogP contribution in [0.15, 0.2) is 10.6 Å². The van der Waals surface area contributed by atoms with Crippen molar-refractivity contribution in [3.63, 3.8) is 0 Å². The number of likely N-dealkylation sites (N-methyl/N-ethyl adjacent to an activating group) is 1. The van der Waals surface area contributed by atoms with E-state index in [0.717, 1.165) is 10.6 Å². The van der Waals surface area contributed by atoms with Crippen molar-refractivity contribution in [1.29, 1.82) is 0 Å². The third-order valence-electron chi connectivity index (χ3n) is 9.36. The molecule has 0 aromatic rings. The molecule has 0 bridgehead atoms. The maximum absolute atomic E-state index is 13.4. The summed E-state index contributed by atoms with van der Waals surface area (Å²) in [6.07, 6.45) is 4.97. The second-order valence-corrected chi connectivity index (χ2v) is 21.5. The zero-order valence-electron chi connectivity index (χ0n) is 16.9. The van der Waals surface area contributed by atoms with Crippen LogP contribution in [0.1, 0.15) is 67.2 Å².